The SMILES string of the molecule is C=NC1=C(C(=C)C)CCC(=O)N1. The van der Waals surface area contributed by atoms with Gasteiger partial charge in [0.2, 0.25) is 5.91 Å². The summed E-state index contributed by atoms with van der Waals surface area (Å²) in [6.45, 7) is 9.09. The van der Waals surface area contributed by atoms with E-state index < -0.39 is 0 Å². The lowest BCUT2D eigenvalue weighted by Gasteiger charge is -2.17. The molecule has 0 saturated heterocycles. The number of carbonyl (C=O) groups excluding carboxylic acids is 1. The average molecular weight is 164 g/mol. The zero-order valence-corrected chi connectivity index (χ0v) is 7.18. The number of rotatable bonds is 2. The van der Waals surface area contributed by atoms with Crippen molar-refractivity contribution in [1.82, 2.24) is 5.32 Å². The molecule has 3 nitrogen and oxygen atoms in total. The highest BCUT2D eigenvalue weighted by molar-refractivity contribution is 5.80. The van der Waals surface area contributed by atoms with Crippen molar-refractivity contribution < 1.29 is 4.79 Å². The van der Waals surface area contributed by atoms with Gasteiger partial charge in [0.1, 0.15) is 5.82 Å². The third kappa shape index (κ3) is 1.61. The highest BCUT2D eigenvalue weighted by atomic mass is 16.1. The van der Waals surface area contributed by atoms with Crippen LogP contribution in [0, 0.1) is 0 Å². The Labute approximate surface area is 71.9 Å². The fraction of sp³-hybridized carbons (Fsp3) is 0.333. The molecule has 0 atom stereocenters. The minimum Gasteiger partial charge on any atom is -0.310 e. The van der Waals surface area contributed by atoms with E-state index in [-0.39, 0.29) is 5.91 Å². The summed E-state index contributed by atoms with van der Waals surface area (Å²) in [4.78, 5) is 14.7. The van der Waals surface area contributed by atoms with Gasteiger partial charge in [-0.15, -0.1) is 0 Å². The van der Waals surface area contributed by atoms with Gasteiger partial charge in [-0.2, -0.15) is 0 Å². The van der Waals surface area contributed by atoms with Crippen LogP contribution in [0.25, 0.3) is 0 Å². The Morgan fingerprint density at radius 2 is 2.25 bits per heavy atom. The van der Waals surface area contributed by atoms with Gasteiger partial charge in [-0.25, -0.2) is 4.99 Å². The number of hydrogen-bond acceptors (Lipinski definition) is 2. The minimum atomic E-state index is 0.00222. The molecule has 1 aliphatic rings. The molecule has 0 aromatic carbocycles. The molecule has 64 valence electrons. The largest absolute Gasteiger partial charge is 0.310 e. The van der Waals surface area contributed by atoms with E-state index in [1.807, 2.05) is 6.92 Å². The van der Waals surface area contributed by atoms with Crippen molar-refractivity contribution >= 4 is 12.6 Å². The van der Waals surface area contributed by atoms with Crippen molar-refractivity contribution in [2.24, 2.45) is 4.99 Å². The lowest BCUT2D eigenvalue weighted by atomic mass is 10.0. The van der Waals surface area contributed by atoms with Crippen molar-refractivity contribution in [3.05, 3.63) is 23.5 Å². The fourth-order valence-electron chi connectivity index (χ4n) is 1.18. The summed E-state index contributed by atoms with van der Waals surface area (Å²) in [5.74, 6) is 0.571. The number of nitrogens with zero attached hydrogens (tertiary/aromatic N) is 1. The smallest absolute Gasteiger partial charge is 0.225 e. The molecule has 0 fully saturated rings. The zero-order valence-electron chi connectivity index (χ0n) is 7.18. The molecule has 0 aromatic heterocycles. The number of allylic oxidation sites excluding steroid dienone is 2. The summed E-state index contributed by atoms with van der Waals surface area (Å²) in [7, 11) is 0. The summed E-state index contributed by atoms with van der Waals surface area (Å²) in [5.41, 5.74) is 1.95. The molecule has 0 saturated carbocycles. The normalized spacial score (nSPS) is 17.2. The van der Waals surface area contributed by atoms with Gasteiger partial charge in [-0.1, -0.05) is 12.2 Å². The van der Waals surface area contributed by atoms with Crippen LogP contribution in [0.2, 0.25) is 0 Å². The van der Waals surface area contributed by atoms with Crippen LogP contribution in [0.4, 0.5) is 0 Å². The van der Waals surface area contributed by atoms with Gasteiger partial charge in [0.15, 0.2) is 0 Å². The van der Waals surface area contributed by atoms with Gasteiger partial charge in [0, 0.05) is 6.42 Å². The summed E-state index contributed by atoms with van der Waals surface area (Å²) in [6, 6.07) is 0. The second kappa shape index (κ2) is 3.34. The van der Waals surface area contributed by atoms with Gasteiger partial charge >= 0.3 is 0 Å². The van der Waals surface area contributed by atoms with Gasteiger partial charge < -0.3 is 5.32 Å². The van der Waals surface area contributed by atoms with Gasteiger partial charge in [0.25, 0.3) is 0 Å². The number of amides is 1. The minimum absolute atomic E-state index is 0.00222. The van der Waals surface area contributed by atoms with Crippen molar-refractivity contribution in [3.63, 3.8) is 0 Å². The average Bonchev–Trinajstić information content (AvgIpc) is 2.03. The molecule has 12 heavy (non-hydrogen) atoms. The molecule has 1 heterocycles. The second-order valence-corrected chi connectivity index (χ2v) is 2.81. The van der Waals surface area contributed by atoms with E-state index in [0.717, 1.165) is 17.6 Å². The van der Waals surface area contributed by atoms with Crippen LogP contribution in [-0.4, -0.2) is 12.6 Å². The summed E-state index contributed by atoms with van der Waals surface area (Å²) in [5, 5.41) is 2.65. The van der Waals surface area contributed by atoms with Crippen LogP contribution in [0.3, 0.4) is 0 Å². The first-order valence-corrected chi connectivity index (χ1v) is 3.80. The first kappa shape index (κ1) is 8.71. The highest BCUT2D eigenvalue weighted by Gasteiger charge is 2.16. The molecule has 0 aromatic rings. The van der Waals surface area contributed by atoms with Crippen LogP contribution in [0.15, 0.2) is 28.5 Å². The van der Waals surface area contributed by atoms with Gasteiger partial charge in [0.05, 0.1) is 0 Å². The van der Waals surface area contributed by atoms with E-state index in [9.17, 15) is 4.79 Å². The molecule has 1 aliphatic heterocycles. The quantitative estimate of drug-likeness (QED) is 0.615. The standard InChI is InChI=1S/C9H12N2O/c1-6(2)7-4-5-8(12)11-9(7)10-3/h1,3-5H2,2H3,(H,11,12). The maximum Gasteiger partial charge on any atom is 0.225 e. The maximum atomic E-state index is 10.9. The Kier molecular flexibility index (Phi) is 2.43. The van der Waals surface area contributed by atoms with Crippen molar-refractivity contribution in [2.75, 3.05) is 0 Å². The van der Waals surface area contributed by atoms with E-state index in [2.05, 4.69) is 23.6 Å². The van der Waals surface area contributed by atoms with Crippen molar-refractivity contribution in [3.8, 4) is 0 Å². The topological polar surface area (TPSA) is 41.5 Å². The lowest BCUT2D eigenvalue weighted by molar-refractivity contribution is -0.120. The van der Waals surface area contributed by atoms with Crippen LogP contribution < -0.4 is 5.32 Å². The molecule has 0 unspecified atom stereocenters. The lowest BCUT2D eigenvalue weighted by Crippen LogP contribution is -2.27. The first-order valence-electron chi connectivity index (χ1n) is 3.80. The Morgan fingerprint density at radius 3 is 2.75 bits per heavy atom. The van der Waals surface area contributed by atoms with Crippen LogP contribution in [0.1, 0.15) is 19.8 Å². The summed E-state index contributed by atoms with van der Waals surface area (Å²) < 4.78 is 0. The van der Waals surface area contributed by atoms with E-state index in [0.29, 0.717) is 12.2 Å². The van der Waals surface area contributed by atoms with Crippen LogP contribution in [-0.2, 0) is 4.79 Å². The van der Waals surface area contributed by atoms with Crippen LogP contribution in [0.5, 0.6) is 0 Å². The maximum absolute atomic E-state index is 10.9. The van der Waals surface area contributed by atoms with Crippen molar-refractivity contribution in [2.45, 2.75) is 19.8 Å². The summed E-state index contributed by atoms with van der Waals surface area (Å²) >= 11 is 0. The molecule has 1 rings (SSSR count). The monoisotopic (exact) mass is 164 g/mol. The fourth-order valence-corrected chi connectivity index (χ4v) is 1.18. The van der Waals surface area contributed by atoms with E-state index >= 15 is 0 Å². The molecule has 0 aliphatic carbocycles. The summed E-state index contributed by atoms with van der Waals surface area (Å²) in [6.07, 6.45) is 1.23. The molecule has 0 bridgehead atoms. The Balaban J connectivity index is 2.98. The number of aliphatic imine (C=N–C) groups is 1. The van der Waals surface area contributed by atoms with E-state index in [1.165, 1.54) is 0 Å². The predicted molar refractivity (Wildman–Crippen MR) is 48.8 cm³/mol. The zero-order chi connectivity index (χ0) is 9.14. The Morgan fingerprint density at radius 1 is 1.58 bits per heavy atom. The molecule has 0 radical (unpaired) electrons. The van der Waals surface area contributed by atoms with Crippen molar-refractivity contribution in [1.29, 1.82) is 0 Å². The second-order valence-electron chi connectivity index (χ2n) is 2.81. The number of carbonyl (C=O) groups is 1. The number of hydrogen-bond donors (Lipinski definition) is 1. The van der Waals surface area contributed by atoms with Gasteiger partial charge in [-0.05, 0) is 25.6 Å². The van der Waals surface area contributed by atoms with Gasteiger partial charge in [-0.3, -0.25) is 4.79 Å². The molecule has 0 spiro atoms. The number of nitrogens with one attached hydrogen (secondary N) is 1. The molecule has 1 amide bonds. The van der Waals surface area contributed by atoms with E-state index in [4.69, 9.17) is 0 Å². The third-order valence-electron chi connectivity index (χ3n) is 1.82. The van der Waals surface area contributed by atoms with E-state index in [1.54, 1.807) is 0 Å². The highest BCUT2D eigenvalue weighted by Crippen LogP contribution is 2.21. The molecule has 1 N–H and O–H groups in total. The Hall–Kier alpha value is -1.38. The first-order chi connectivity index (χ1) is 5.65. The third-order valence-corrected chi connectivity index (χ3v) is 1.82. The molecule has 3 heteroatoms. The Bertz CT molecular complexity index is 276. The molecular weight excluding hydrogens is 152 g/mol. The predicted octanol–water partition coefficient (Wildman–Crippen LogP) is 1.38. The molecular formula is C9H12N2O. The van der Waals surface area contributed by atoms with Crippen LogP contribution >= 0.6 is 0 Å².